The Labute approximate surface area is 126 Å². The van der Waals surface area contributed by atoms with E-state index >= 15 is 0 Å². The minimum absolute atomic E-state index is 0.0922. The van der Waals surface area contributed by atoms with Gasteiger partial charge in [-0.2, -0.15) is 0 Å². The summed E-state index contributed by atoms with van der Waals surface area (Å²) in [4.78, 5) is 16.6. The van der Waals surface area contributed by atoms with Gasteiger partial charge in [-0.1, -0.05) is 12.1 Å². The molecule has 1 aromatic carbocycles. The summed E-state index contributed by atoms with van der Waals surface area (Å²) in [6.45, 7) is 4.21. The Morgan fingerprint density at radius 3 is 2.86 bits per heavy atom. The van der Waals surface area contributed by atoms with Crippen LogP contribution in [0.1, 0.15) is 26.9 Å². The summed E-state index contributed by atoms with van der Waals surface area (Å²) >= 11 is 1.67. The van der Waals surface area contributed by atoms with Crippen molar-refractivity contribution in [1.82, 2.24) is 10.3 Å². The predicted octanol–water partition coefficient (Wildman–Crippen LogP) is 3.48. The van der Waals surface area contributed by atoms with Crippen LogP contribution < -0.4 is 5.32 Å². The Kier molecular flexibility index (Phi) is 3.75. The number of benzene rings is 1. The number of aryl methyl sites for hydroxylation is 2. The maximum atomic E-state index is 12.1. The van der Waals surface area contributed by atoms with Gasteiger partial charge < -0.3 is 9.73 Å². The van der Waals surface area contributed by atoms with Crippen molar-refractivity contribution in [2.45, 2.75) is 20.3 Å². The number of rotatable bonds is 4. The molecule has 0 fully saturated rings. The Bertz CT molecular complexity index is 756. The van der Waals surface area contributed by atoms with Gasteiger partial charge in [-0.05, 0) is 32.0 Å². The predicted molar refractivity (Wildman–Crippen MR) is 83.8 cm³/mol. The highest BCUT2D eigenvalue weighted by atomic mass is 32.1. The molecule has 0 bridgehead atoms. The smallest absolute Gasteiger partial charge is 0.254 e. The molecule has 1 N–H and O–H groups in total. The van der Waals surface area contributed by atoms with Crippen molar-refractivity contribution in [2.24, 2.45) is 0 Å². The highest BCUT2D eigenvalue weighted by molar-refractivity contribution is 7.18. The van der Waals surface area contributed by atoms with Gasteiger partial charge >= 0.3 is 0 Å². The molecule has 5 heteroatoms. The summed E-state index contributed by atoms with van der Waals surface area (Å²) in [5.74, 6) is 1.32. The zero-order chi connectivity index (χ0) is 14.8. The number of para-hydroxylation sites is 1. The van der Waals surface area contributed by atoms with E-state index in [9.17, 15) is 4.79 Å². The second kappa shape index (κ2) is 5.69. The van der Waals surface area contributed by atoms with Crippen LogP contribution >= 0.6 is 11.3 Å². The second-order valence-corrected chi connectivity index (χ2v) is 6.02. The number of hydrogen-bond donors (Lipinski definition) is 1. The summed E-state index contributed by atoms with van der Waals surface area (Å²) < 4.78 is 6.55. The number of fused-ring (bicyclic) bond motifs is 1. The highest BCUT2D eigenvalue weighted by Gasteiger charge is 2.13. The fourth-order valence-electron chi connectivity index (χ4n) is 2.26. The van der Waals surface area contributed by atoms with Gasteiger partial charge in [0.05, 0.1) is 20.8 Å². The number of nitrogens with zero attached hydrogens (tertiary/aromatic N) is 1. The lowest BCUT2D eigenvalue weighted by atomic mass is 10.2. The van der Waals surface area contributed by atoms with Crippen LogP contribution in [-0.4, -0.2) is 17.4 Å². The van der Waals surface area contributed by atoms with Crippen LogP contribution in [0.4, 0.5) is 0 Å². The van der Waals surface area contributed by atoms with Gasteiger partial charge in [-0.3, -0.25) is 4.79 Å². The first-order chi connectivity index (χ1) is 10.1. The Morgan fingerprint density at radius 2 is 2.14 bits per heavy atom. The number of thiazole rings is 1. The number of hydrogen-bond acceptors (Lipinski definition) is 4. The Balaban J connectivity index is 1.60. The van der Waals surface area contributed by atoms with Gasteiger partial charge in [-0.25, -0.2) is 4.98 Å². The lowest BCUT2D eigenvalue weighted by Gasteiger charge is -2.02. The van der Waals surface area contributed by atoms with Crippen molar-refractivity contribution in [1.29, 1.82) is 0 Å². The minimum Gasteiger partial charge on any atom is -0.466 e. The fourth-order valence-corrected chi connectivity index (χ4v) is 3.23. The molecule has 21 heavy (non-hydrogen) atoms. The monoisotopic (exact) mass is 300 g/mol. The molecule has 0 aliphatic heterocycles. The lowest BCUT2D eigenvalue weighted by molar-refractivity contribution is 0.0952. The normalized spacial score (nSPS) is 11.0. The molecule has 4 nitrogen and oxygen atoms in total. The van der Waals surface area contributed by atoms with Crippen molar-refractivity contribution in [2.75, 3.05) is 6.54 Å². The van der Waals surface area contributed by atoms with Crippen LogP contribution in [0.5, 0.6) is 0 Å². The van der Waals surface area contributed by atoms with Gasteiger partial charge in [0.25, 0.3) is 5.91 Å². The maximum absolute atomic E-state index is 12.1. The van der Waals surface area contributed by atoms with E-state index in [0.29, 0.717) is 17.9 Å². The number of furan rings is 1. The van der Waals surface area contributed by atoms with Crippen molar-refractivity contribution >= 4 is 27.5 Å². The van der Waals surface area contributed by atoms with E-state index in [1.807, 2.05) is 25.1 Å². The molecule has 2 aromatic heterocycles. The number of nitrogens with one attached hydrogen (secondary N) is 1. The van der Waals surface area contributed by atoms with Gasteiger partial charge in [0.1, 0.15) is 11.5 Å². The van der Waals surface area contributed by atoms with Gasteiger partial charge in [-0.15, -0.1) is 11.3 Å². The molecule has 3 rings (SSSR count). The van der Waals surface area contributed by atoms with E-state index < -0.39 is 0 Å². The first-order valence-corrected chi connectivity index (χ1v) is 7.65. The SMILES string of the molecule is Cc1cc(C(=O)NCCc2nc3ccccc3s2)c(C)o1. The van der Waals surface area contributed by atoms with Crippen molar-refractivity contribution in [3.8, 4) is 0 Å². The molecule has 0 aliphatic carbocycles. The van der Waals surface area contributed by atoms with E-state index in [2.05, 4.69) is 16.4 Å². The summed E-state index contributed by atoms with van der Waals surface area (Å²) in [6.07, 6.45) is 0.737. The highest BCUT2D eigenvalue weighted by Crippen LogP contribution is 2.21. The first kappa shape index (κ1) is 13.8. The number of aromatic nitrogens is 1. The summed E-state index contributed by atoms with van der Waals surface area (Å²) in [5.41, 5.74) is 1.63. The van der Waals surface area contributed by atoms with Crippen LogP contribution in [-0.2, 0) is 6.42 Å². The molecule has 1 amide bonds. The maximum Gasteiger partial charge on any atom is 0.254 e. The third-order valence-electron chi connectivity index (χ3n) is 3.25. The number of carbonyl (C=O) groups excluding carboxylic acids is 1. The zero-order valence-corrected chi connectivity index (χ0v) is 12.8. The third kappa shape index (κ3) is 2.97. The Morgan fingerprint density at radius 1 is 1.33 bits per heavy atom. The quantitative estimate of drug-likeness (QED) is 0.802. The molecule has 0 saturated heterocycles. The van der Waals surface area contributed by atoms with E-state index in [1.54, 1.807) is 24.3 Å². The van der Waals surface area contributed by atoms with E-state index in [4.69, 9.17) is 4.42 Å². The third-order valence-corrected chi connectivity index (χ3v) is 4.34. The first-order valence-electron chi connectivity index (χ1n) is 6.83. The minimum atomic E-state index is -0.0922. The summed E-state index contributed by atoms with van der Waals surface area (Å²) in [5, 5.41) is 3.95. The van der Waals surface area contributed by atoms with Crippen LogP contribution in [0.2, 0.25) is 0 Å². The fraction of sp³-hybridized carbons (Fsp3) is 0.250. The van der Waals surface area contributed by atoms with Crippen LogP contribution in [0.25, 0.3) is 10.2 Å². The number of carbonyl (C=O) groups is 1. The van der Waals surface area contributed by atoms with E-state index in [0.717, 1.165) is 22.7 Å². The van der Waals surface area contributed by atoms with Crippen LogP contribution in [0.3, 0.4) is 0 Å². The standard InChI is InChI=1S/C16H16N2O2S/c1-10-9-12(11(2)20-10)16(19)17-8-7-15-18-13-5-3-4-6-14(13)21-15/h3-6,9H,7-8H2,1-2H3,(H,17,19). The van der Waals surface area contributed by atoms with Crippen molar-refractivity contribution in [3.63, 3.8) is 0 Å². The molecule has 3 aromatic rings. The Hall–Kier alpha value is -2.14. The second-order valence-electron chi connectivity index (χ2n) is 4.91. The molecule has 0 unspecified atom stereocenters. The van der Waals surface area contributed by atoms with Gasteiger partial charge in [0.15, 0.2) is 0 Å². The average molecular weight is 300 g/mol. The van der Waals surface area contributed by atoms with Gasteiger partial charge in [0, 0.05) is 13.0 Å². The van der Waals surface area contributed by atoms with Crippen LogP contribution in [0, 0.1) is 13.8 Å². The van der Waals surface area contributed by atoms with E-state index in [-0.39, 0.29) is 5.91 Å². The molecular weight excluding hydrogens is 284 g/mol. The molecule has 108 valence electrons. The summed E-state index contributed by atoms with van der Waals surface area (Å²) in [6, 6.07) is 9.83. The summed E-state index contributed by atoms with van der Waals surface area (Å²) in [7, 11) is 0. The van der Waals surface area contributed by atoms with Gasteiger partial charge in [0.2, 0.25) is 0 Å². The average Bonchev–Trinajstić information content (AvgIpc) is 3.01. The molecule has 0 saturated carbocycles. The molecular formula is C16H16N2O2S. The van der Waals surface area contributed by atoms with E-state index in [1.165, 1.54) is 4.70 Å². The van der Waals surface area contributed by atoms with Crippen LogP contribution in [0.15, 0.2) is 34.7 Å². The molecule has 0 spiro atoms. The van der Waals surface area contributed by atoms with Crippen molar-refractivity contribution in [3.05, 3.63) is 52.4 Å². The topological polar surface area (TPSA) is 55.1 Å². The van der Waals surface area contributed by atoms with Crippen molar-refractivity contribution < 1.29 is 9.21 Å². The zero-order valence-electron chi connectivity index (χ0n) is 12.0. The lowest BCUT2D eigenvalue weighted by Crippen LogP contribution is -2.25. The molecule has 0 atom stereocenters. The largest absolute Gasteiger partial charge is 0.466 e. The molecule has 0 radical (unpaired) electrons. The molecule has 2 heterocycles. The molecule has 0 aliphatic rings. The number of amides is 1.